The molecule has 2 heterocycles. The van der Waals surface area contributed by atoms with Crippen LogP contribution < -0.4 is 5.32 Å². The van der Waals surface area contributed by atoms with E-state index in [1.165, 1.54) is 16.9 Å². The Morgan fingerprint density at radius 3 is 2.54 bits per heavy atom. The molecule has 1 aromatic heterocycles. The Bertz CT molecular complexity index is 1270. The van der Waals surface area contributed by atoms with Gasteiger partial charge in [-0.3, -0.25) is 9.59 Å². The van der Waals surface area contributed by atoms with Crippen LogP contribution in [0.2, 0.25) is 0 Å². The summed E-state index contributed by atoms with van der Waals surface area (Å²) < 4.78 is 40.0. The molecule has 1 aliphatic heterocycles. The Morgan fingerprint density at radius 2 is 1.89 bits per heavy atom. The number of nitrogens with zero attached hydrogens (tertiary/aromatic N) is 4. The van der Waals surface area contributed by atoms with Crippen LogP contribution in [0.5, 0.6) is 0 Å². The first kappa shape index (κ1) is 24.4. The summed E-state index contributed by atoms with van der Waals surface area (Å²) in [5.74, 6) is -0.666. The van der Waals surface area contributed by atoms with Gasteiger partial charge >= 0.3 is 6.18 Å². The zero-order chi connectivity index (χ0) is 25.3. The molecule has 0 saturated carbocycles. The van der Waals surface area contributed by atoms with E-state index in [4.69, 9.17) is 0 Å². The fourth-order valence-corrected chi connectivity index (χ4v) is 4.24. The highest BCUT2D eigenvalue weighted by Gasteiger charge is 2.32. The lowest BCUT2D eigenvalue weighted by atomic mass is 10.0. The van der Waals surface area contributed by atoms with Crippen molar-refractivity contribution in [1.82, 2.24) is 25.2 Å². The summed E-state index contributed by atoms with van der Waals surface area (Å²) in [5, 5.41) is 11.5. The molecule has 1 fully saturated rings. The lowest BCUT2D eigenvalue weighted by Crippen LogP contribution is -2.39. The summed E-state index contributed by atoms with van der Waals surface area (Å²) in [6.07, 6.45) is -3.47. The van der Waals surface area contributed by atoms with Crippen LogP contribution in [0.25, 0.3) is 5.69 Å². The van der Waals surface area contributed by atoms with E-state index < -0.39 is 23.7 Å². The van der Waals surface area contributed by atoms with E-state index in [-0.39, 0.29) is 23.7 Å². The maximum atomic E-state index is 13.3. The van der Waals surface area contributed by atoms with Crippen LogP contribution in [0.15, 0.2) is 42.5 Å². The molecule has 0 bridgehead atoms. The third kappa shape index (κ3) is 5.36. The standard InChI is InChI=1S/C25H26F3N5O2/c1-15-9-10-21(16(2)12-15)33-30-17(3)23(31-33)24(35)29-20(14-32-11-5-8-22(32)34)18-6-4-7-19(13-18)25(26,27)28/h4,6-7,9-10,12-13,20H,5,8,11,14H2,1-3H3,(H,29,35). The predicted octanol–water partition coefficient (Wildman–Crippen LogP) is 4.30. The minimum atomic E-state index is -4.53. The number of alkyl halides is 3. The second-order valence-electron chi connectivity index (χ2n) is 8.81. The largest absolute Gasteiger partial charge is 0.416 e. The Morgan fingerprint density at radius 1 is 1.11 bits per heavy atom. The summed E-state index contributed by atoms with van der Waals surface area (Å²) in [7, 11) is 0. The molecule has 7 nitrogen and oxygen atoms in total. The highest BCUT2D eigenvalue weighted by molar-refractivity contribution is 5.93. The van der Waals surface area contributed by atoms with Crippen molar-refractivity contribution >= 4 is 11.8 Å². The number of rotatable bonds is 6. The number of halogens is 3. The predicted molar refractivity (Wildman–Crippen MR) is 123 cm³/mol. The average Bonchev–Trinajstić information content (AvgIpc) is 3.38. The highest BCUT2D eigenvalue weighted by atomic mass is 19.4. The van der Waals surface area contributed by atoms with Crippen molar-refractivity contribution in [1.29, 1.82) is 0 Å². The fourth-order valence-electron chi connectivity index (χ4n) is 4.24. The van der Waals surface area contributed by atoms with Gasteiger partial charge in [-0.1, -0.05) is 29.8 Å². The minimum absolute atomic E-state index is 0.0645. The van der Waals surface area contributed by atoms with Gasteiger partial charge < -0.3 is 10.2 Å². The van der Waals surface area contributed by atoms with Crippen LogP contribution >= 0.6 is 0 Å². The van der Waals surface area contributed by atoms with Gasteiger partial charge in [0.2, 0.25) is 5.91 Å². The maximum absolute atomic E-state index is 13.3. The van der Waals surface area contributed by atoms with E-state index in [9.17, 15) is 22.8 Å². The minimum Gasteiger partial charge on any atom is -0.342 e. The Hall–Kier alpha value is -3.69. The number of hydrogen-bond acceptors (Lipinski definition) is 4. The molecule has 0 radical (unpaired) electrons. The first-order valence-electron chi connectivity index (χ1n) is 11.3. The molecule has 1 saturated heterocycles. The van der Waals surface area contributed by atoms with Crippen molar-refractivity contribution < 1.29 is 22.8 Å². The molecule has 1 unspecified atom stereocenters. The normalized spacial score (nSPS) is 14.9. The van der Waals surface area contributed by atoms with Gasteiger partial charge in [0.25, 0.3) is 5.91 Å². The van der Waals surface area contributed by atoms with Crippen LogP contribution in [0.3, 0.4) is 0 Å². The fraction of sp³-hybridized carbons (Fsp3) is 0.360. The molecule has 4 rings (SSSR count). The molecule has 0 spiro atoms. The number of nitrogens with one attached hydrogen (secondary N) is 1. The zero-order valence-corrected chi connectivity index (χ0v) is 19.7. The molecule has 3 aromatic rings. The van der Waals surface area contributed by atoms with Crippen molar-refractivity contribution in [2.24, 2.45) is 0 Å². The summed E-state index contributed by atoms with van der Waals surface area (Å²) >= 11 is 0. The molecule has 0 aliphatic carbocycles. The smallest absolute Gasteiger partial charge is 0.342 e. The molecular formula is C25H26F3N5O2. The summed E-state index contributed by atoms with van der Waals surface area (Å²) in [6, 6.07) is 9.69. The number of carbonyl (C=O) groups is 2. The average molecular weight is 486 g/mol. The van der Waals surface area contributed by atoms with Crippen molar-refractivity contribution in [3.63, 3.8) is 0 Å². The Balaban J connectivity index is 1.64. The van der Waals surface area contributed by atoms with Crippen molar-refractivity contribution in [3.8, 4) is 5.69 Å². The monoisotopic (exact) mass is 485 g/mol. The maximum Gasteiger partial charge on any atom is 0.416 e. The van der Waals surface area contributed by atoms with Gasteiger partial charge in [-0.05, 0) is 56.5 Å². The molecule has 2 aromatic carbocycles. The first-order chi connectivity index (χ1) is 16.5. The van der Waals surface area contributed by atoms with Crippen LogP contribution in [-0.4, -0.2) is 44.8 Å². The summed E-state index contributed by atoms with van der Waals surface area (Å²) in [6.45, 7) is 6.08. The van der Waals surface area contributed by atoms with E-state index in [1.807, 2.05) is 32.0 Å². The van der Waals surface area contributed by atoms with E-state index in [2.05, 4.69) is 15.5 Å². The van der Waals surface area contributed by atoms with Crippen LogP contribution in [0.1, 0.15) is 57.3 Å². The van der Waals surface area contributed by atoms with Crippen molar-refractivity contribution in [3.05, 3.63) is 76.1 Å². The molecule has 1 N–H and O–H groups in total. The Labute approximate surface area is 200 Å². The second kappa shape index (κ2) is 9.52. The Kier molecular flexibility index (Phi) is 6.64. The highest BCUT2D eigenvalue weighted by Crippen LogP contribution is 2.31. The van der Waals surface area contributed by atoms with Gasteiger partial charge in [-0.2, -0.15) is 23.1 Å². The molecule has 1 aliphatic rings. The van der Waals surface area contributed by atoms with Gasteiger partial charge in [0.15, 0.2) is 5.69 Å². The van der Waals surface area contributed by atoms with Crippen LogP contribution in [0, 0.1) is 20.8 Å². The number of likely N-dealkylation sites (tertiary alicyclic amines) is 1. The van der Waals surface area contributed by atoms with Gasteiger partial charge in [-0.15, -0.1) is 5.10 Å². The van der Waals surface area contributed by atoms with E-state index >= 15 is 0 Å². The van der Waals surface area contributed by atoms with Gasteiger partial charge in [0.05, 0.1) is 23.0 Å². The van der Waals surface area contributed by atoms with Crippen molar-refractivity contribution in [2.75, 3.05) is 13.1 Å². The zero-order valence-electron chi connectivity index (χ0n) is 19.7. The van der Waals surface area contributed by atoms with Crippen molar-refractivity contribution in [2.45, 2.75) is 45.8 Å². The third-order valence-electron chi connectivity index (χ3n) is 6.06. The number of aromatic nitrogens is 3. The molecule has 2 amide bonds. The van der Waals surface area contributed by atoms with Gasteiger partial charge in [-0.25, -0.2) is 0 Å². The molecule has 35 heavy (non-hydrogen) atoms. The molecule has 10 heteroatoms. The summed E-state index contributed by atoms with van der Waals surface area (Å²) in [5.41, 5.74) is 2.60. The van der Waals surface area contributed by atoms with Gasteiger partial charge in [0, 0.05) is 19.5 Å². The van der Waals surface area contributed by atoms with E-state index in [0.717, 1.165) is 28.9 Å². The van der Waals surface area contributed by atoms with E-state index in [0.29, 0.717) is 25.1 Å². The SMILES string of the molecule is Cc1ccc(-n2nc(C)c(C(=O)NC(CN3CCCC3=O)c3cccc(C(F)(F)F)c3)n2)c(C)c1. The van der Waals surface area contributed by atoms with E-state index in [1.54, 1.807) is 11.8 Å². The number of amides is 2. The molecule has 184 valence electrons. The third-order valence-corrected chi connectivity index (χ3v) is 6.06. The number of aryl methyl sites for hydroxylation is 3. The second-order valence-corrected chi connectivity index (χ2v) is 8.81. The number of carbonyl (C=O) groups excluding carboxylic acids is 2. The first-order valence-corrected chi connectivity index (χ1v) is 11.3. The quantitative estimate of drug-likeness (QED) is 0.565. The number of hydrogen-bond donors (Lipinski definition) is 1. The van der Waals surface area contributed by atoms with Crippen LogP contribution in [0.4, 0.5) is 13.2 Å². The van der Waals surface area contributed by atoms with Gasteiger partial charge in [0.1, 0.15) is 0 Å². The van der Waals surface area contributed by atoms with Crippen LogP contribution in [-0.2, 0) is 11.0 Å². The number of benzene rings is 2. The lowest BCUT2D eigenvalue weighted by molar-refractivity contribution is -0.137. The lowest BCUT2D eigenvalue weighted by Gasteiger charge is -2.25. The molecule has 1 atom stereocenters. The summed E-state index contributed by atoms with van der Waals surface area (Å²) in [4.78, 5) is 28.4. The molecular weight excluding hydrogens is 459 g/mol. The topological polar surface area (TPSA) is 80.1 Å².